The zero-order valence-corrected chi connectivity index (χ0v) is 11.1. The molecule has 0 aromatic carbocycles. The second kappa shape index (κ2) is 3.19. The number of nitrogens with zero attached hydrogens (tertiary/aromatic N) is 2. The summed E-state index contributed by atoms with van der Waals surface area (Å²) in [4.78, 5) is 5.97. The molecule has 18 heavy (non-hydrogen) atoms. The molecule has 0 radical (unpaired) electrons. The molecule has 3 nitrogen and oxygen atoms in total. The maximum absolute atomic E-state index is 5.97. The zero-order valence-electron chi connectivity index (χ0n) is 11.1. The van der Waals surface area contributed by atoms with E-state index in [1.165, 1.54) is 19.3 Å². The first-order chi connectivity index (χ1) is 8.62. The van der Waals surface area contributed by atoms with Gasteiger partial charge in [-0.15, -0.1) is 0 Å². The van der Waals surface area contributed by atoms with E-state index in [1.807, 2.05) is 12.1 Å². The van der Waals surface area contributed by atoms with E-state index in [9.17, 15) is 0 Å². The van der Waals surface area contributed by atoms with Crippen LogP contribution >= 0.6 is 0 Å². The summed E-state index contributed by atoms with van der Waals surface area (Å²) < 4.78 is 2.09. The van der Waals surface area contributed by atoms with E-state index in [1.54, 1.807) is 0 Å². The number of aromatic nitrogens is 1. The molecule has 0 N–H and O–H groups in total. The maximum atomic E-state index is 5.97. The molecule has 3 aliphatic carbocycles. The lowest BCUT2D eigenvalue weighted by Gasteiger charge is -2.62. The fraction of sp³-hybridized carbons (Fsp3) is 0.667. The highest BCUT2D eigenvalue weighted by Gasteiger charge is 2.64. The smallest absolute Gasteiger partial charge is 0.156 e. The van der Waals surface area contributed by atoms with Gasteiger partial charge in [0.1, 0.15) is 5.60 Å². The molecular weight excluding hydrogens is 224 g/mol. The highest BCUT2D eigenvalue weighted by atomic mass is 16.7. The molecule has 4 aliphatic rings. The van der Waals surface area contributed by atoms with E-state index in [-0.39, 0.29) is 5.60 Å². The molecule has 1 aliphatic heterocycles. The topological polar surface area (TPSA) is 26.5 Å². The molecule has 2 heterocycles. The first-order valence-corrected chi connectivity index (χ1v) is 7.00. The lowest BCUT2D eigenvalue weighted by Crippen LogP contribution is -2.61. The third kappa shape index (κ3) is 1.17. The van der Waals surface area contributed by atoms with Crippen molar-refractivity contribution in [1.29, 1.82) is 0 Å². The Morgan fingerprint density at radius 3 is 2.78 bits per heavy atom. The minimum absolute atomic E-state index is 0.00213. The Balaban J connectivity index is 1.61. The SMILES string of the molecule is CC1(C)C2CCC3(CC(n4cccc4)=NO3)C1C2. The predicted molar refractivity (Wildman–Crippen MR) is 70.3 cm³/mol. The highest BCUT2D eigenvalue weighted by molar-refractivity contribution is 5.86. The van der Waals surface area contributed by atoms with Crippen LogP contribution in [0.5, 0.6) is 0 Å². The van der Waals surface area contributed by atoms with Crippen LogP contribution in [0.3, 0.4) is 0 Å². The van der Waals surface area contributed by atoms with Crippen LogP contribution in [-0.2, 0) is 4.84 Å². The molecule has 2 bridgehead atoms. The largest absolute Gasteiger partial charge is 0.387 e. The van der Waals surface area contributed by atoms with Crippen LogP contribution in [0.4, 0.5) is 0 Å². The number of fused-ring (bicyclic) bond motifs is 1. The summed E-state index contributed by atoms with van der Waals surface area (Å²) in [6.45, 7) is 4.81. The van der Waals surface area contributed by atoms with Crippen LogP contribution in [0.1, 0.15) is 39.5 Å². The van der Waals surface area contributed by atoms with Crippen molar-refractivity contribution in [3.8, 4) is 0 Å². The quantitative estimate of drug-likeness (QED) is 0.688. The van der Waals surface area contributed by atoms with Crippen molar-refractivity contribution in [3.05, 3.63) is 24.5 Å². The van der Waals surface area contributed by atoms with Crippen molar-refractivity contribution < 1.29 is 4.84 Å². The second-order valence-corrected chi connectivity index (χ2v) is 6.78. The van der Waals surface area contributed by atoms with E-state index in [0.29, 0.717) is 11.3 Å². The van der Waals surface area contributed by atoms with Crippen molar-refractivity contribution in [1.82, 2.24) is 4.57 Å². The standard InChI is InChI=1S/C15H20N2O/c1-14(2)11-5-6-15(12(14)9-11)10-13(16-18-15)17-7-3-4-8-17/h3-4,7-8,11-12H,5-6,9-10H2,1-2H3. The summed E-state index contributed by atoms with van der Waals surface area (Å²) in [5.74, 6) is 2.66. The molecule has 0 saturated heterocycles. The van der Waals surface area contributed by atoms with Crippen LogP contribution in [0, 0.1) is 17.3 Å². The fourth-order valence-electron chi connectivity index (χ4n) is 4.43. The van der Waals surface area contributed by atoms with Crippen LogP contribution < -0.4 is 0 Å². The maximum Gasteiger partial charge on any atom is 0.156 e. The molecule has 3 heteroatoms. The van der Waals surface area contributed by atoms with Crippen molar-refractivity contribution in [2.45, 2.75) is 45.1 Å². The van der Waals surface area contributed by atoms with Crippen LogP contribution in [0.25, 0.3) is 0 Å². The summed E-state index contributed by atoms with van der Waals surface area (Å²) in [5, 5.41) is 4.38. The molecular formula is C15H20N2O. The van der Waals surface area contributed by atoms with Gasteiger partial charge in [0, 0.05) is 18.3 Å². The highest BCUT2D eigenvalue weighted by Crippen LogP contribution is 2.65. The minimum Gasteiger partial charge on any atom is -0.387 e. The molecule has 3 atom stereocenters. The van der Waals surface area contributed by atoms with E-state index >= 15 is 0 Å². The van der Waals surface area contributed by atoms with Crippen LogP contribution in [0.2, 0.25) is 0 Å². The normalized spacial score (nSPS) is 40.2. The zero-order chi connectivity index (χ0) is 12.4. The van der Waals surface area contributed by atoms with Gasteiger partial charge < -0.3 is 9.40 Å². The van der Waals surface area contributed by atoms with E-state index in [0.717, 1.165) is 18.2 Å². The van der Waals surface area contributed by atoms with Gasteiger partial charge in [-0.3, -0.25) is 0 Å². The molecule has 0 amide bonds. The molecule has 3 fully saturated rings. The minimum atomic E-state index is -0.00213. The van der Waals surface area contributed by atoms with Crippen molar-refractivity contribution >= 4 is 5.84 Å². The first kappa shape index (κ1) is 10.7. The summed E-state index contributed by atoms with van der Waals surface area (Å²) >= 11 is 0. The van der Waals surface area contributed by atoms with Gasteiger partial charge in [-0.1, -0.05) is 19.0 Å². The summed E-state index contributed by atoms with van der Waals surface area (Å²) in [6, 6.07) is 4.08. The van der Waals surface area contributed by atoms with Gasteiger partial charge in [-0.25, -0.2) is 0 Å². The summed E-state index contributed by atoms with van der Waals surface area (Å²) in [7, 11) is 0. The molecule has 5 rings (SSSR count). The van der Waals surface area contributed by atoms with Gasteiger partial charge in [0.05, 0.1) is 6.42 Å². The van der Waals surface area contributed by atoms with Gasteiger partial charge in [-0.2, -0.15) is 0 Å². The molecule has 1 spiro atoms. The Hall–Kier alpha value is -1.25. The van der Waals surface area contributed by atoms with E-state index < -0.39 is 0 Å². The second-order valence-electron chi connectivity index (χ2n) is 6.78. The van der Waals surface area contributed by atoms with E-state index in [2.05, 4.69) is 36.0 Å². The van der Waals surface area contributed by atoms with Gasteiger partial charge in [0.2, 0.25) is 0 Å². The van der Waals surface area contributed by atoms with Crippen LogP contribution in [0.15, 0.2) is 29.7 Å². The summed E-state index contributed by atoms with van der Waals surface area (Å²) in [5.41, 5.74) is 0.442. The Labute approximate surface area is 108 Å². The molecule has 3 saturated carbocycles. The molecule has 1 aromatic rings. The lowest BCUT2D eigenvalue weighted by atomic mass is 9.43. The third-order valence-electron chi connectivity index (χ3n) is 5.71. The van der Waals surface area contributed by atoms with Gasteiger partial charge in [0.25, 0.3) is 0 Å². The first-order valence-electron chi connectivity index (χ1n) is 7.00. The van der Waals surface area contributed by atoms with Crippen molar-refractivity contribution in [3.63, 3.8) is 0 Å². The van der Waals surface area contributed by atoms with Crippen molar-refractivity contribution in [2.24, 2.45) is 22.4 Å². The number of hydrogen-bond donors (Lipinski definition) is 0. The Morgan fingerprint density at radius 1 is 1.33 bits per heavy atom. The van der Waals surface area contributed by atoms with Gasteiger partial charge in [0.15, 0.2) is 5.84 Å². The number of rotatable bonds is 0. The summed E-state index contributed by atoms with van der Waals surface area (Å²) in [6.07, 6.45) is 8.90. The molecule has 96 valence electrons. The van der Waals surface area contributed by atoms with Gasteiger partial charge >= 0.3 is 0 Å². The Morgan fingerprint density at radius 2 is 2.11 bits per heavy atom. The number of hydrogen-bond acceptors (Lipinski definition) is 2. The number of oxime groups is 1. The predicted octanol–water partition coefficient (Wildman–Crippen LogP) is 3.26. The average molecular weight is 244 g/mol. The Kier molecular flexibility index (Phi) is 1.89. The van der Waals surface area contributed by atoms with Crippen LogP contribution in [-0.4, -0.2) is 16.0 Å². The third-order valence-corrected chi connectivity index (χ3v) is 5.71. The van der Waals surface area contributed by atoms with Crippen molar-refractivity contribution in [2.75, 3.05) is 0 Å². The van der Waals surface area contributed by atoms with Gasteiger partial charge in [-0.05, 0) is 42.7 Å². The van der Waals surface area contributed by atoms with E-state index in [4.69, 9.17) is 4.84 Å². The average Bonchev–Trinajstić information content (AvgIpc) is 2.98. The Bertz CT molecular complexity index is 501. The molecule has 3 unspecified atom stereocenters. The fourth-order valence-corrected chi connectivity index (χ4v) is 4.43. The monoisotopic (exact) mass is 244 g/mol. The molecule has 1 aromatic heterocycles. The lowest BCUT2D eigenvalue weighted by molar-refractivity contribution is -0.214.